The Morgan fingerprint density at radius 1 is 1.19 bits per heavy atom. The molecular formula is C12H25NO3. The molecule has 0 aliphatic heterocycles. The summed E-state index contributed by atoms with van der Waals surface area (Å²) in [6.45, 7) is 8.70. The molecule has 0 aromatic heterocycles. The van der Waals surface area contributed by atoms with E-state index in [4.69, 9.17) is 9.47 Å². The van der Waals surface area contributed by atoms with Gasteiger partial charge in [-0.2, -0.15) is 0 Å². The topological polar surface area (TPSA) is 47.6 Å². The summed E-state index contributed by atoms with van der Waals surface area (Å²) in [7, 11) is 0. The normalized spacial score (nSPS) is 12.4. The highest BCUT2D eigenvalue weighted by Gasteiger charge is 2.18. The maximum Gasteiger partial charge on any atom is 0.335 e. The van der Waals surface area contributed by atoms with E-state index in [1.807, 2.05) is 13.8 Å². The minimum atomic E-state index is -0.395. The number of esters is 1. The average molecular weight is 231 g/mol. The second-order valence-corrected chi connectivity index (χ2v) is 3.65. The average Bonchev–Trinajstić information content (AvgIpc) is 2.27. The molecule has 0 rings (SSSR count). The molecule has 0 fully saturated rings. The van der Waals surface area contributed by atoms with Crippen LogP contribution in [0.3, 0.4) is 0 Å². The van der Waals surface area contributed by atoms with Gasteiger partial charge in [-0.25, -0.2) is 4.79 Å². The van der Waals surface area contributed by atoms with Crippen molar-refractivity contribution < 1.29 is 14.3 Å². The molecule has 1 unspecified atom stereocenters. The SMILES string of the molecule is CCCNCCOC(CCC)C(=O)OCC. The van der Waals surface area contributed by atoms with Crippen molar-refractivity contribution in [2.45, 2.75) is 46.1 Å². The second kappa shape index (κ2) is 10.9. The first-order chi connectivity index (χ1) is 7.76. The Balaban J connectivity index is 3.71. The molecule has 0 aliphatic rings. The minimum Gasteiger partial charge on any atom is -0.464 e. The van der Waals surface area contributed by atoms with Crippen molar-refractivity contribution in [3.8, 4) is 0 Å². The van der Waals surface area contributed by atoms with E-state index in [1.165, 1.54) is 0 Å². The molecule has 1 N–H and O–H groups in total. The van der Waals surface area contributed by atoms with Gasteiger partial charge in [-0.3, -0.25) is 0 Å². The lowest BCUT2D eigenvalue weighted by atomic mass is 10.2. The van der Waals surface area contributed by atoms with Crippen molar-refractivity contribution in [1.82, 2.24) is 5.32 Å². The van der Waals surface area contributed by atoms with Gasteiger partial charge in [0.05, 0.1) is 13.2 Å². The fraction of sp³-hybridized carbons (Fsp3) is 0.917. The van der Waals surface area contributed by atoms with Crippen LogP contribution >= 0.6 is 0 Å². The van der Waals surface area contributed by atoms with Crippen LogP contribution in [0, 0.1) is 0 Å². The molecule has 0 bridgehead atoms. The van der Waals surface area contributed by atoms with Crippen molar-refractivity contribution in [2.24, 2.45) is 0 Å². The zero-order valence-electron chi connectivity index (χ0n) is 10.8. The number of carbonyl (C=O) groups excluding carboxylic acids is 1. The molecule has 0 saturated carbocycles. The Kier molecular flexibility index (Phi) is 10.5. The van der Waals surface area contributed by atoms with E-state index in [9.17, 15) is 4.79 Å². The van der Waals surface area contributed by atoms with Crippen LogP contribution in [-0.2, 0) is 14.3 Å². The third-order valence-electron chi connectivity index (χ3n) is 2.13. The number of ether oxygens (including phenoxy) is 2. The van der Waals surface area contributed by atoms with E-state index in [-0.39, 0.29) is 5.97 Å². The first-order valence-electron chi connectivity index (χ1n) is 6.25. The predicted molar refractivity (Wildman–Crippen MR) is 64.4 cm³/mol. The summed E-state index contributed by atoms with van der Waals surface area (Å²) in [5, 5.41) is 3.23. The molecule has 0 radical (unpaired) electrons. The van der Waals surface area contributed by atoms with Crippen molar-refractivity contribution >= 4 is 5.97 Å². The van der Waals surface area contributed by atoms with E-state index in [2.05, 4.69) is 12.2 Å². The number of hydrogen-bond donors (Lipinski definition) is 1. The molecule has 0 aromatic carbocycles. The Morgan fingerprint density at radius 3 is 2.50 bits per heavy atom. The lowest BCUT2D eigenvalue weighted by Crippen LogP contribution is -2.30. The summed E-state index contributed by atoms with van der Waals surface area (Å²) >= 11 is 0. The van der Waals surface area contributed by atoms with E-state index in [0.29, 0.717) is 13.2 Å². The number of carbonyl (C=O) groups is 1. The van der Waals surface area contributed by atoms with Gasteiger partial charge in [0.25, 0.3) is 0 Å². The number of nitrogens with one attached hydrogen (secondary N) is 1. The molecule has 1 atom stereocenters. The highest BCUT2D eigenvalue weighted by atomic mass is 16.6. The van der Waals surface area contributed by atoms with E-state index >= 15 is 0 Å². The van der Waals surface area contributed by atoms with E-state index in [1.54, 1.807) is 0 Å². The lowest BCUT2D eigenvalue weighted by molar-refractivity contribution is -0.157. The minimum absolute atomic E-state index is 0.236. The second-order valence-electron chi connectivity index (χ2n) is 3.65. The quantitative estimate of drug-likeness (QED) is 0.459. The van der Waals surface area contributed by atoms with Crippen LogP contribution in [0.25, 0.3) is 0 Å². The largest absolute Gasteiger partial charge is 0.464 e. The molecule has 0 aromatic rings. The Bertz CT molecular complexity index is 174. The van der Waals surface area contributed by atoms with Gasteiger partial charge in [-0.05, 0) is 26.3 Å². The first kappa shape index (κ1) is 15.4. The third-order valence-corrected chi connectivity index (χ3v) is 2.13. The van der Waals surface area contributed by atoms with Crippen molar-refractivity contribution in [2.75, 3.05) is 26.3 Å². The van der Waals surface area contributed by atoms with Gasteiger partial charge in [0, 0.05) is 6.54 Å². The van der Waals surface area contributed by atoms with E-state index in [0.717, 1.165) is 32.4 Å². The molecular weight excluding hydrogens is 206 g/mol. The number of rotatable bonds is 10. The van der Waals surface area contributed by atoms with Crippen LogP contribution in [-0.4, -0.2) is 38.4 Å². The van der Waals surface area contributed by atoms with Crippen LogP contribution < -0.4 is 5.32 Å². The maximum absolute atomic E-state index is 11.5. The molecule has 0 heterocycles. The summed E-state index contributed by atoms with van der Waals surface area (Å²) in [4.78, 5) is 11.5. The van der Waals surface area contributed by atoms with Crippen LogP contribution in [0.1, 0.15) is 40.0 Å². The fourth-order valence-corrected chi connectivity index (χ4v) is 1.34. The van der Waals surface area contributed by atoms with Gasteiger partial charge in [0.1, 0.15) is 0 Å². The molecule has 0 saturated heterocycles. The molecule has 0 amide bonds. The fourth-order valence-electron chi connectivity index (χ4n) is 1.34. The van der Waals surface area contributed by atoms with Gasteiger partial charge in [-0.15, -0.1) is 0 Å². The zero-order chi connectivity index (χ0) is 12.2. The highest BCUT2D eigenvalue weighted by molar-refractivity contribution is 5.74. The lowest BCUT2D eigenvalue weighted by Gasteiger charge is -2.15. The van der Waals surface area contributed by atoms with Crippen molar-refractivity contribution in [3.05, 3.63) is 0 Å². The van der Waals surface area contributed by atoms with Gasteiger partial charge in [0.2, 0.25) is 0 Å². The van der Waals surface area contributed by atoms with E-state index < -0.39 is 6.10 Å². The van der Waals surface area contributed by atoms with Crippen molar-refractivity contribution in [1.29, 1.82) is 0 Å². The highest BCUT2D eigenvalue weighted by Crippen LogP contribution is 2.04. The summed E-state index contributed by atoms with van der Waals surface area (Å²) in [6, 6.07) is 0. The third kappa shape index (κ3) is 7.65. The summed E-state index contributed by atoms with van der Waals surface area (Å²) in [5.41, 5.74) is 0. The predicted octanol–water partition coefficient (Wildman–Crippen LogP) is 1.73. The Labute approximate surface area is 98.7 Å². The van der Waals surface area contributed by atoms with Crippen LogP contribution in [0.5, 0.6) is 0 Å². The van der Waals surface area contributed by atoms with Crippen LogP contribution in [0.4, 0.5) is 0 Å². The first-order valence-corrected chi connectivity index (χ1v) is 6.25. The Hall–Kier alpha value is -0.610. The molecule has 0 aliphatic carbocycles. The maximum atomic E-state index is 11.5. The number of hydrogen-bond acceptors (Lipinski definition) is 4. The monoisotopic (exact) mass is 231 g/mol. The van der Waals surface area contributed by atoms with Crippen LogP contribution in [0.15, 0.2) is 0 Å². The van der Waals surface area contributed by atoms with Gasteiger partial charge < -0.3 is 14.8 Å². The van der Waals surface area contributed by atoms with Gasteiger partial charge in [0.15, 0.2) is 6.10 Å². The molecule has 4 nitrogen and oxygen atoms in total. The standard InChI is InChI=1S/C12H25NO3/c1-4-7-11(12(14)15-6-3)16-10-9-13-8-5-2/h11,13H,4-10H2,1-3H3. The van der Waals surface area contributed by atoms with Crippen molar-refractivity contribution in [3.63, 3.8) is 0 Å². The molecule has 96 valence electrons. The molecule has 16 heavy (non-hydrogen) atoms. The summed E-state index contributed by atoms with van der Waals surface area (Å²) in [5.74, 6) is -0.236. The molecule has 4 heteroatoms. The summed E-state index contributed by atoms with van der Waals surface area (Å²) in [6.07, 6.45) is 2.36. The van der Waals surface area contributed by atoms with Crippen LogP contribution in [0.2, 0.25) is 0 Å². The molecule has 0 spiro atoms. The summed E-state index contributed by atoms with van der Waals surface area (Å²) < 4.78 is 10.5. The van der Waals surface area contributed by atoms with Gasteiger partial charge >= 0.3 is 5.97 Å². The zero-order valence-corrected chi connectivity index (χ0v) is 10.8. The smallest absolute Gasteiger partial charge is 0.335 e. The Morgan fingerprint density at radius 2 is 1.94 bits per heavy atom. The van der Waals surface area contributed by atoms with Gasteiger partial charge in [-0.1, -0.05) is 20.3 Å².